The molecule has 0 spiro atoms. The Morgan fingerprint density at radius 3 is 2.09 bits per heavy atom. The van der Waals surface area contributed by atoms with Crippen molar-refractivity contribution in [2.24, 2.45) is 17.8 Å². The van der Waals surface area contributed by atoms with Gasteiger partial charge in [-0.05, 0) is 110 Å². The lowest BCUT2D eigenvalue weighted by Crippen LogP contribution is -2.48. The molecule has 0 unspecified atom stereocenters. The van der Waals surface area contributed by atoms with Crippen molar-refractivity contribution >= 4 is 28.7 Å². The van der Waals surface area contributed by atoms with Crippen LogP contribution in [0.1, 0.15) is 60.0 Å². The molecule has 3 aromatic rings. The largest absolute Gasteiger partial charge is 0.478 e. The van der Waals surface area contributed by atoms with Crippen molar-refractivity contribution in [2.45, 2.75) is 43.9 Å². The summed E-state index contributed by atoms with van der Waals surface area (Å²) < 4.78 is 0. The highest BCUT2D eigenvalue weighted by Gasteiger charge is 2.51. The summed E-state index contributed by atoms with van der Waals surface area (Å²) in [6, 6.07) is 23.3. The maximum absolute atomic E-state index is 11.5. The van der Waals surface area contributed by atoms with E-state index in [4.69, 9.17) is 0 Å². The van der Waals surface area contributed by atoms with Crippen LogP contribution in [0.5, 0.6) is 0 Å². The van der Waals surface area contributed by atoms with E-state index in [1.165, 1.54) is 44.1 Å². The van der Waals surface area contributed by atoms with Gasteiger partial charge in [-0.3, -0.25) is 0 Å². The maximum Gasteiger partial charge on any atom is 0.337 e. The molecular weight excluding hydrogens is 434 g/mol. The van der Waals surface area contributed by atoms with Crippen LogP contribution in [0.15, 0.2) is 66.7 Å². The van der Waals surface area contributed by atoms with E-state index in [2.05, 4.69) is 41.0 Å². The highest BCUT2D eigenvalue weighted by Crippen LogP contribution is 2.60. The van der Waals surface area contributed by atoms with E-state index < -0.39 is 5.97 Å². The number of hydrogen-bond acceptors (Lipinski definition) is 4. The van der Waals surface area contributed by atoms with Gasteiger partial charge in [0.25, 0.3) is 0 Å². The first-order valence-electron chi connectivity index (χ1n) is 12.5. The average Bonchev–Trinajstić information content (AvgIpc) is 2.85. The van der Waals surface area contributed by atoms with Gasteiger partial charge in [-0.2, -0.15) is 5.26 Å². The topological polar surface area (TPSA) is 85.2 Å². The number of para-hydroxylation sites is 1. The molecule has 3 N–H and O–H groups in total. The fourth-order valence-electron chi connectivity index (χ4n) is 7.29. The smallest absolute Gasteiger partial charge is 0.337 e. The van der Waals surface area contributed by atoms with Crippen LogP contribution >= 0.6 is 0 Å². The van der Waals surface area contributed by atoms with Crippen LogP contribution in [0.4, 0.5) is 22.7 Å². The van der Waals surface area contributed by atoms with Crippen LogP contribution in [-0.4, -0.2) is 11.1 Å². The zero-order chi connectivity index (χ0) is 24.0. The number of anilines is 4. The van der Waals surface area contributed by atoms with Gasteiger partial charge in [-0.1, -0.05) is 24.3 Å². The van der Waals surface area contributed by atoms with E-state index in [9.17, 15) is 15.2 Å². The number of aromatic carboxylic acids is 1. The number of carboxylic acids is 1. The molecule has 0 heterocycles. The first-order valence-corrected chi connectivity index (χ1v) is 12.5. The Morgan fingerprint density at radius 1 is 0.829 bits per heavy atom. The Labute approximate surface area is 205 Å². The third-order valence-electron chi connectivity index (χ3n) is 8.39. The molecule has 4 aliphatic carbocycles. The molecule has 0 aromatic heterocycles. The molecule has 5 nitrogen and oxygen atoms in total. The van der Waals surface area contributed by atoms with E-state index in [1.807, 2.05) is 12.1 Å². The summed E-state index contributed by atoms with van der Waals surface area (Å²) in [6.45, 7) is 0. The molecule has 7 rings (SSSR count). The number of carboxylic acid groups (broad SMARTS) is 1. The van der Waals surface area contributed by atoms with Crippen molar-refractivity contribution in [3.8, 4) is 6.07 Å². The lowest BCUT2D eigenvalue weighted by molar-refractivity contribution is -0.00518. The van der Waals surface area contributed by atoms with Crippen molar-refractivity contribution in [3.05, 3.63) is 83.4 Å². The first kappa shape index (κ1) is 21.7. The molecule has 176 valence electrons. The number of carbonyl (C=O) groups is 1. The van der Waals surface area contributed by atoms with Crippen molar-refractivity contribution < 1.29 is 9.90 Å². The van der Waals surface area contributed by atoms with Gasteiger partial charge in [0, 0.05) is 11.4 Å². The molecule has 0 atom stereocenters. The van der Waals surface area contributed by atoms with E-state index in [-0.39, 0.29) is 5.56 Å². The van der Waals surface area contributed by atoms with Crippen molar-refractivity contribution in [1.29, 1.82) is 5.26 Å². The van der Waals surface area contributed by atoms with Gasteiger partial charge in [-0.25, -0.2) is 4.79 Å². The average molecular weight is 464 g/mol. The molecule has 0 amide bonds. The minimum Gasteiger partial charge on any atom is -0.478 e. The van der Waals surface area contributed by atoms with Crippen molar-refractivity contribution in [1.82, 2.24) is 0 Å². The fourth-order valence-corrected chi connectivity index (χ4v) is 7.29. The standard InChI is InChI=1S/C30H29N3O2/c31-18-22-14-25(9-10-27(22)33-28-4-2-1-3-26(28)29(34)35)32-24-7-5-23(6-8-24)30-15-19-11-20(16-30)13-21(12-19)17-30/h1-10,14,19-21,32-33H,11-13,15-17H2,(H,34,35). The van der Waals surface area contributed by atoms with Crippen LogP contribution in [0.25, 0.3) is 0 Å². The second-order valence-corrected chi connectivity index (χ2v) is 10.7. The minimum atomic E-state index is -1.01. The maximum atomic E-state index is 11.5. The zero-order valence-electron chi connectivity index (χ0n) is 19.6. The van der Waals surface area contributed by atoms with Crippen LogP contribution in [0.3, 0.4) is 0 Å². The number of hydrogen-bond donors (Lipinski definition) is 3. The molecule has 4 bridgehead atoms. The van der Waals surface area contributed by atoms with Crippen LogP contribution in [0, 0.1) is 29.1 Å². The van der Waals surface area contributed by atoms with E-state index >= 15 is 0 Å². The number of nitrogens with zero attached hydrogens (tertiary/aromatic N) is 1. The Kier molecular flexibility index (Phi) is 5.25. The van der Waals surface area contributed by atoms with Crippen LogP contribution in [-0.2, 0) is 5.41 Å². The van der Waals surface area contributed by atoms with E-state index in [0.717, 1.165) is 29.1 Å². The van der Waals surface area contributed by atoms with Crippen molar-refractivity contribution in [2.75, 3.05) is 10.6 Å². The Hall–Kier alpha value is -3.78. The summed E-state index contributed by atoms with van der Waals surface area (Å²) in [6.07, 6.45) is 8.43. The van der Waals surface area contributed by atoms with E-state index in [1.54, 1.807) is 30.3 Å². The summed E-state index contributed by atoms with van der Waals surface area (Å²) in [5.41, 5.74) is 5.34. The van der Waals surface area contributed by atoms with Crippen LogP contribution < -0.4 is 10.6 Å². The molecule has 4 saturated carbocycles. The Balaban J connectivity index is 1.19. The normalized spacial score (nSPS) is 26.2. The quantitative estimate of drug-likeness (QED) is 0.360. The Bertz CT molecular complexity index is 1290. The summed E-state index contributed by atoms with van der Waals surface area (Å²) in [4.78, 5) is 11.5. The first-order chi connectivity index (χ1) is 17.0. The molecule has 4 fully saturated rings. The second-order valence-electron chi connectivity index (χ2n) is 10.7. The summed E-state index contributed by atoms with van der Waals surface area (Å²) in [5, 5.41) is 25.7. The van der Waals surface area contributed by atoms with Gasteiger partial charge < -0.3 is 15.7 Å². The van der Waals surface area contributed by atoms with Gasteiger partial charge >= 0.3 is 5.97 Å². The molecule has 4 aliphatic rings. The van der Waals surface area contributed by atoms with Gasteiger partial charge in [0.05, 0.1) is 22.5 Å². The predicted octanol–water partition coefficient (Wildman–Crippen LogP) is 7.21. The lowest BCUT2D eigenvalue weighted by Gasteiger charge is -2.57. The number of nitriles is 1. The van der Waals surface area contributed by atoms with Crippen molar-refractivity contribution in [3.63, 3.8) is 0 Å². The van der Waals surface area contributed by atoms with Gasteiger partial charge in [0.15, 0.2) is 0 Å². The number of benzene rings is 3. The molecule has 0 saturated heterocycles. The molecule has 0 aliphatic heterocycles. The predicted molar refractivity (Wildman–Crippen MR) is 137 cm³/mol. The monoisotopic (exact) mass is 463 g/mol. The van der Waals surface area contributed by atoms with Gasteiger partial charge in [-0.15, -0.1) is 0 Å². The van der Waals surface area contributed by atoms with E-state index in [0.29, 0.717) is 22.4 Å². The Morgan fingerprint density at radius 2 is 1.46 bits per heavy atom. The summed E-state index contributed by atoms with van der Waals surface area (Å²) in [5.74, 6) is 1.77. The molecule has 3 aromatic carbocycles. The number of rotatable bonds is 6. The number of nitrogens with one attached hydrogen (secondary N) is 2. The minimum absolute atomic E-state index is 0.165. The van der Waals surface area contributed by atoms with Gasteiger partial charge in [0.1, 0.15) is 6.07 Å². The molecule has 0 radical (unpaired) electrons. The fraction of sp³-hybridized carbons (Fsp3) is 0.333. The molecular formula is C30H29N3O2. The molecule has 35 heavy (non-hydrogen) atoms. The van der Waals surface area contributed by atoms with Gasteiger partial charge in [0.2, 0.25) is 0 Å². The second kappa shape index (κ2) is 8.46. The highest BCUT2D eigenvalue weighted by atomic mass is 16.4. The lowest BCUT2D eigenvalue weighted by atomic mass is 9.48. The highest BCUT2D eigenvalue weighted by molar-refractivity contribution is 5.95. The summed E-state index contributed by atoms with van der Waals surface area (Å²) in [7, 11) is 0. The summed E-state index contributed by atoms with van der Waals surface area (Å²) >= 11 is 0. The zero-order valence-corrected chi connectivity index (χ0v) is 19.6. The third kappa shape index (κ3) is 4.04. The SMILES string of the molecule is N#Cc1cc(Nc2ccc(C34CC5CC(CC(C5)C3)C4)cc2)ccc1Nc1ccccc1C(=O)O. The molecule has 5 heteroatoms. The van der Waals surface area contributed by atoms with Crippen LogP contribution in [0.2, 0.25) is 0 Å². The third-order valence-corrected chi connectivity index (χ3v) is 8.39.